The zero-order valence-corrected chi connectivity index (χ0v) is 15.0. The molecule has 0 fully saturated rings. The first-order valence-electron chi connectivity index (χ1n) is 7.63. The van der Waals surface area contributed by atoms with Crippen molar-refractivity contribution < 1.29 is 14.8 Å². The number of halogens is 2. The second-order valence-corrected chi connectivity index (χ2v) is 6.30. The van der Waals surface area contributed by atoms with E-state index in [-0.39, 0.29) is 5.69 Å². The summed E-state index contributed by atoms with van der Waals surface area (Å²) < 4.78 is 5.66. The Morgan fingerprint density at radius 2 is 1.88 bits per heavy atom. The molecule has 2 unspecified atom stereocenters. The number of hydrogen-bond donors (Lipinski definition) is 2. The van der Waals surface area contributed by atoms with Crippen molar-refractivity contribution in [2.24, 2.45) is 0 Å². The standard InChI is InChI=1S/C17H18Cl2N2O4/c1-11(22)17(25-14-5-3-13(4-6-14)21(23)24)20-9-8-12-2-7-15(18)16(19)10-12/h2-7,10-11,17,20,22H,8-9H2,1H3. The molecule has 0 aromatic heterocycles. The molecule has 8 heteroatoms. The van der Waals surface area contributed by atoms with E-state index < -0.39 is 17.3 Å². The monoisotopic (exact) mass is 384 g/mol. The molecule has 0 heterocycles. The molecule has 0 aliphatic carbocycles. The summed E-state index contributed by atoms with van der Waals surface area (Å²) in [7, 11) is 0. The summed E-state index contributed by atoms with van der Waals surface area (Å²) in [4.78, 5) is 10.2. The number of non-ortho nitro benzene ring substituents is 1. The van der Waals surface area contributed by atoms with E-state index in [2.05, 4.69) is 5.32 Å². The Kier molecular flexibility index (Phi) is 7.01. The van der Waals surface area contributed by atoms with Gasteiger partial charge in [0.15, 0.2) is 6.23 Å². The van der Waals surface area contributed by atoms with Crippen LogP contribution in [0.1, 0.15) is 12.5 Å². The van der Waals surface area contributed by atoms with Gasteiger partial charge in [0.25, 0.3) is 5.69 Å². The number of nitrogens with one attached hydrogen (secondary N) is 1. The van der Waals surface area contributed by atoms with Crippen LogP contribution < -0.4 is 10.1 Å². The van der Waals surface area contributed by atoms with E-state index >= 15 is 0 Å². The molecular weight excluding hydrogens is 367 g/mol. The maximum absolute atomic E-state index is 10.7. The maximum Gasteiger partial charge on any atom is 0.269 e. The van der Waals surface area contributed by atoms with Crippen LogP contribution in [0.2, 0.25) is 10.0 Å². The van der Waals surface area contributed by atoms with Gasteiger partial charge < -0.3 is 9.84 Å². The van der Waals surface area contributed by atoms with Crippen LogP contribution in [0.15, 0.2) is 42.5 Å². The van der Waals surface area contributed by atoms with Gasteiger partial charge in [-0.25, -0.2) is 0 Å². The Bertz CT molecular complexity index is 723. The van der Waals surface area contributed by atoms with Crippen molar-refractivity contribution in [3.8, 4) is 5.75 Å². The van der Waals surface area contributed by atoms with Crippen LogP contribution in [0.4, 0.5) is 5.69 Å². The molecule has 6 nitrogen and oxygen atoms in total. The molecule has 0 amide bonds. The van der Waals surface area contributed by atoms with Crippen LogP contribution in [-0.2, 0) is 6.42 Å². The van der Waals surface area contributed by atoms with Crippen molar-refractivity contribution >= 4 is 28.9 Å². The number of benzene rings is 2. The van der Waals surface area contributed by atoms with E-state index in [9.17, 15) is 15.2 Å². The Labute approximate surface area is 155 Å². The smallest absolute Gasteiger partial charge is 0.269 e. The summed E-state index contributed by atoms with van der Waals surface area (Å²) in [6.07, 6.45) is -0.753. The number of ether oxygens (including phenoxy) is 1. The molecule has 2 rings (SSSR count). The summed E-state index contributed by atoms with van der Waals surface area (Å²) in [6.45, 7) is 2.14. The highest BCUT2D eigenvalue weighted by Gasteiger charge is 2.16. The summed E-state index contributed by atoms with van der Waals surface area (Å²) in [6, 6.07) is 11.1. The Morgan fingerprint density at radius 1 is 1.20 bits per heavy atom. The van der Waals surface area contributed by atoms with E-state index in [1.54, 1.807) is 19.1 Å². The fourth-order valence-corrected chi connectivity index (χ4v) is 2.48. The number of nitro benzene ring substituents is 1. The van der Waals surface area contributed by atoms with Crippen molar-refractivity contribution in [1.29, 1.82) is 0 Å². The third-order valence-electron chi connectivity index (χ3n) is 3.49. The van der Waals surface area contributed by atoms with Crippen molar-refractivity contribution in [3.63, 3.8) is 0 Å². The topological polar surface area (TPSA) is 84.6 Å². The number of nitro groups is 1. The second kappa shape index (κ2) is 9.01. The fraction of sp³-hybridized carbons (Fsp3) is 0.294. The molecule has 2 N–H and O–H groups in total. The fourth-order valence-electron chi connectivity index (χ4n) is 2.16. The predicted molar refractivity (Wildman–Crippen MR) is 97.4 cm³/mol. The Balaban J connectivity index is 1.91. The lowest BCUT2D eigenvalue weighted by Crippen LogP contribution is -2.43. The van der Waals surface area contributed by atoms with Crippen LogP contribution in [0.25, 0.3) is 0 Å². The third kappa shape index (κ3) is 5.86. The van der Waals surface area contributed by atoms with Gasteiger partial charge >= 0.3 is 0 Å². The van der Waals surface area contributed by atoms with Crippen LogP contribution in [-0.4, -0.2) is 28.9 Å². The number of rotatable bonds is 8. The average Bonchev–Trinajstić information content (AvgIpc) is 2.57. The molecule has 0 saturated heterocycles. The molecule has 0 saturated carbocycles. The first-order valence-corrected chi connectivity index (χ1v) is 8.39. The second-order valence-electron chi connectivity index (χ2n) is 5.48. The van der Waals surface area contributed by atoms with E-state index in [1.807, 2.05) is 6.07 Å². The number of nitrogens with zero attached hydrogens (tertiary/aromatic N) is 1. The normalized spacial score (nSPS) is 13.3. The van der Waals surface area contributed by atoms with Crippen molar-refractivity contribution in [3.05, 3.63) is 68.2 Å². The highest BCUT2D eigenvalue weighted by Crippen LogP contribution is 2.23. The van der Waals surface area contributed by atoms with Gasteiger partial charge in [0.2, 0.25) is 0 Å². The van der Waals surface area contributed by atoms with E-state index in [0.717, 1.165) is 5.56 Å². The lowest BCUT2D eigenvalue weighted by atomic mass is 10.1. The number of aliphatic hydroxyl groups excluding tert-OH is 1. The largest absolute Gasteiger partial charge is 0.473 e. The van der Waals surface area contributed by atoms with E-state index in [1.165, 1.54) is 24.3 Å². The van der Waals surface area contributed by atoms with Gasteiger partial charge in [-0.3, -0.25) is 15.4 Å². The van der Waals surface area contributed by atoms with Crippen molar-refractivity contribution in [2.45, 2.75) is 25.7 Å². The van der Waals surface area contributed by atoms with Crippen LogP contribution in [0.5, 0.6) is 5.75 Å². The van der Waals surface area contributed by atoms with Crippen molar-refractivity contribution in [1.82, 2.24) is 5.32 Å². The molecule has 0 radical (unpaired) electrons. The zero-order chi connectivity index (χ0) is 18.4. The van der Waals surface area contributed by atoms with Crippen LogP contribution in [0.3, 0.4) is 0 Å². The van der Waals surface area contributed by atoms with E-state index in [4.69, 9.17) is 27.9 Å². The van der Waals surface area contributed by atoms with Gasteiger partial charge in [-0.15, -0.1) is 0 Å². The summed E-state index contributed by atoms with van der Waals surface area (Å²) in [5, 5.41) is 24.6. The van der Waals surface area contributed by atoms with Gasteiger partial charge in [-0.2, -0.15) is 0 Å². The van der Waals surface area contributed by atoms with Crippen LogP contribution >= 0.6 is 23.2 Å². The molecule has 2 aromatic carbocycles. The summed E-state index contributed by atoms with van der Waals surface area (Å²) >= 11 is 11.9. The molecule has 2 atom stereocenters. The lowest BCUT2D eigenvalue weighted by Gasteiger charge is -2.23. The minimum atomic E-state index is -0.774. The lowest BCUT2D eigenvalue weighted by molar-refractivity contribution is -0.384. The Morgan fingerprint density at radius 3 is 2.44 bits per heavy atom. The molecular formula is C17H18Cl2N2O4. The molecule has 0 aliphatic heterocycles. The van der Waals surface area contributed by atoms with Gasteiger partial charge in [-0.05, 0) is 43.2 Å². The highest BCUT2D eigenvalue weighted by molar-refractivity contribution is 6.42. The van der Waals surface area contributed by atoms with Gasteiger partial charge in [-0.1, -0.05) is 29.3 Å². The summed E-state index contributed by atoms with van der Waals surface area (Å²) in [5.41, 5.74) is 0.982. The quantitative estimate of drug-likeness (QED) is 0.410. The molecule has 0 aliphatic rings. The molecule has 0 spiro atoms. The van der Waals surface area contributed by atoms with Crippen molar-refractivity contribution in [2.75, 3.05) is 6.54 Å². The van der Waals surface area contributed by atoms with Crippen LogP contribution in [0, 0.1) is 10.1 Å². The van der Waals surface area contributed by atoms with E-state index in [0.29, 0.717) is 28.8 Å². The Hall–Kier alpha value is -1.86. The van der Waals surface area contributed by atoms with Gasteiger partial charge in [0.05, 0.1) is 15.0 Å². The minimum absolute atomic E-state index is 0.0199. The minimum Gasteiger partial charge on any atom is -0.473 e. The third-order valence-corrected chi connectivity index (χ3v) is 4.23. The highest BCUT2D eigenvalue weighted by atomic mass is 35.5. The SMILES string of the molecule is CC(O)C(NCCc1ccc(Cl)c(Cl)c1)Oc1ccc([N+](=O)[O-])cc1. The molecule has 25 heavy (non-hydrogen) atoms. The number of hydrogen-bond acceptors (Lipinski definition) is 5. The zero-order valence-electron chi connectivity index (χ0n) is 13.5. The van der Waals surface area contributed by atoms with Gasteiger partial charge in [0, 0.05) is 18.7 Å². The predicted octanol–water partition coefficient (Wildman–Crippen LogP) is 3.82. The maximum atomic E-state index is 10.7. The number of aliphatic hydroxyl groups is 1. The summed E-state index contributed by atoms with van der Waals surface area (Å²) in [5.74, 6) is 0.429. The molecule has 2 aromatic rings. The van der Waals surface area contributed by atoms with Gasteiger partial charge in [0.1, 0.15) is 11.9 Å². The molecule has 134 valence electrons. The first-order chi connectivity index (χ1) is 11.9. The molecule has 0 bridgehead atoms. The average molecular weight is 385 g/mol. The first kappa shape index (κ1) is 19.5.